The average Bonchev–Trinajstić information content (AvgIpc) is 2.42. The number of nitrogens with zero attached hydrogens (tertiary/aromatic N) is 1. The number of halogens is 1. The third-order valence-corrected chi connectivity index (χ3v) is 2.92. The van der Waals surface area contributed by atoms with Crippen molar-refractivity contribution in [2.45, 2.75) is 26.3 Å². The highest BCUT2D eigenvalue weighted by atomic mass is 19.1. The quantitative estimate of drug-likeness (QED) is 0.877. The van der Waals surface area contributed by atoms with Gasteiger partial charge in [-0.1, -0.05) is 0 Å². The van der Waals surface area contributed by atoms with Crippen molar-refractivity contribution in [2.75, 3.05) is 25.0 Å². The Balaban J connectivity index is 2.76. The van der Waals surface area contributed by atoms with E-state index in [2.05, 4.69) is 5.32 Å². The standard InChI is InChI=1S/C16H24FN3O/c1-16(2,3)19-15(21)13-5-7-14(8-6-13)20(4)11-12(9-17)10-18/h5-9H,10-11,18H2,1-4H3,(H,19,21)/b12-9-. The van der Waals surface area contributed by atoms with Gasteiger partial charge in [-0.2, -0.15) is 0 Å². The minimum atomic E-state index is -0.269. The van der Waals surface area contributed by atoms with Gasteiger partial charge in [-0.3, -0.25) is 4.79 Å². The Bertz CT molecular complexity index is 503. The van der Waals surface area contributed by atoms with Crippen LogP contribution in [-0.2, 0) is 0 Å². The van der Waals surface area contributed by atoms with Crippen LogP contribution in [0.3, 0.4) is 0 Å². The number of rotatable bonds is 5. The maximum absolute atomic E-state index is 12.5. The molecule has 0 aliphatic carbocycles. The molecule has 0 spiro atoms. The normalized spacial score (nSPS) is 12.2. The van der Waals surface area contributed by atoms with Crippen molar-refractivity contribution < 1.29 is 9.18 Å². The number of carbonyl (C=O) groups excluding carboxylic acids is 1. The predicted molar refractivity (Wildman–Crippen MR) is 85.2 cm³/mol. The van der Waals surface area contributed by atoms with Crippen molar-refractivity contribution in [3.8, 4) is 0 Å². The van der Waals surface area contributed by atoms with Gasteiger partial charge in [0.1, 0.15) is 0 Å². The summed E-state index contributed by atoms with van der Waals surface area (Å²) in [6.07, 6.45) is 0.543. The maximum atomic E-state index is 12.5. The van der Waals surface area contributed by atoms with E-state index in [1.165, 1.54) is 0 Å². The van der Waals surface area contributed by atoms with E-state index in [1.807, 2.05) is 44.9 Å². The van der Waals surface area contributed by atoms with Crippen molar-refractivity contribution in [3.63, 3.8) is 0 Å². The molecule has 116 valence electrons. The van der Waals surface area contributed by atoms with Gasteiger partial charge in [0.25, 0.3) is 5.91 Å². The van der Waals surface area contributed by atoms with E-state index in [4.69, 9.17) is 5.73 Å². The van der Waals surface area contributed by atoms with Crippen molar-refractivity contribution in [2.24, 2.45) is 5.73 Å². The molecule has 0 bridgehead atoms. The second-order valence-electron chi connectivity index (χ2n) is 6.08. The minimum absolute atomic E-state index is 0.108. The van der Waals surface area contributed by atoms with Crippen LogP contribution in [-0.4, -0.2) is 31.6 Å². The van der Waals surface area contributed by atoms with Gasteiger partial charge in [-0.15, -0.1) is 0 Å². The number of amides is 1. The van der Waals surface area contributed by atoms with Crippen LogP contribution in [0.5, 0.6) is 0 Å². The second kappa shape index (κ2) is 7.22. The number of likely N-dealkylation sites (N-methyl/N-ethyl adjacent to an activating group) is 1. The first-order valence-electron chi connectivity index (χ1n) is 6.88. The maximum Gasteiger partial charge on any atom is 0.251 e. The van der Waals surface area contributed by atoms with Gasteiger partial charge >= 0.3 is 0 Å². The van der Waals surface area contributed by atoms with E-state index < -0.39 is 0 Å². The van der Waals surface area contributed by atoms with Crippen molar-refractivity contribution >= 4 is 11.6 Å². The number of anilines is 1. The predicted octanol–water partition coefficient (Wildman–Crippen LogP) is 2.46. The number of hydrogen-bond donors (Lipinski definition) is 2. The molecule has 4 nitrogen and oxygen atoms in total. The Morgan fingerprint density at radius 2 is 1.90 bits per heavy atom. The van der Waals surface area contributed by atoms with Crippen molar-refractivity contribution in [1.29, 1.82) is 0 Å². The molecule has 5 heteroatoms. The molecule has 0 heterocycles. The molecular weight excluding hydrogens is 269 g/mol. The van der Waals surface area contributed by atoms with Crippen LogP contribution in [0.1, 0.15) is 31.1 Å². The van der Waals surface area contributed by atoms with Gasteiger partial charge in [0.15, 0.2) is 0 Å². The molecule has 0 aliphatic heterocycles. The van der Waals surface area contributed by atoms with Crippen molar-refractivity contribution in [1.82, 2.24) is 5.32 Å². The Labute approximate surface area is 125 Å². The summed E-state index contributed by atoms with van der Waals surface area (Å²) in [7, 11) is 1.85. The van der Waals surface area contributed by atoms with Crippen LogP contribution in [0.4, 0.5) is 10.1 Å². The SMILES string of the molecule is CN(C/C(=C\F)CN)c1ccc(C(=O)NC(C)(C)C)cc1. The third kappa shape index (κ3) is 5.55. The van der Waals surface area contributed by atoms with Gasteiger partial charge in [0.2, 0.25) is 0 Å². The highest BCUT2D eigenvalue weighted by molar-refractivity contribution is 5.94. The number of nitrogens with one attached hydrogen (secondary N) is 1. The molecule has 0 saturated carbocycles. The average molecular weight is 293 g/mol. The van der Waals surface area contributed by atoms with Gasteiger partial charge in [-0.05, 0) is 50.6 Å². The summed E-state index contributed by atoms with van der Waals surface area (Å²) in [6.45, 7) is 6.41. The molecule has 0 aromatic heterocycles. The molecule has 0 saturated heterocycles. The summed E-state index contributed by atoms with van der Waals surface area (Å²) in [4.78, 5) is 13.9. The molecule has 0 unspecified atom stereocenters. The molecule has 1 amide bonds. The zero-order valence-corrected chi connectivity index (χ0v) is 13.1. The van der Waals surface area contributed by atoms with Crippen LogP contribution in [0.2, 0.25) is 0 Å². The molecular formula is C16H24FN3O. The second-order valence-corrected chi connectivity index (χ2v) is 6.08. The van der Waals surface area contributed by atoms with E-state index >= 15 is 0 Å². The zero-order chi connectivity index (χ0) is 16.0. The molecule has 21 heavy (non-hydrogen) atoms. The molecule has 1 rings (SSSR count). The number of carbonyl (C=O) groups is 1. The first-order valence-corrected chi connectivity index (χ1v) is 6.88. The molecule has 0 atom stereocenters. The summed E-state index contributed by atoms with van der Waals surface area (Å²) in [5.74, 6) is -0.108. The lowest BCUT2D eigenvalue weighted by Gasteiger charge is -2.22. The van der Waals surface area contributed by atoms with Crippen LogP contribution in [0.25, 0.3) is 0 Å². The number of benzene rings is 1. The molecule has 1 aromatic carbocycles. The monoisotopic (exact) mass is 293 g/mol. The van der Waals surface area contributed by atoms with Gasteiger partial charge < -0.3 is 16.0 Å². The Morgan fingerprint density at radius 3 is 2.33 bits per heavy atom. The summed E-state index contributed by atoms with van der Waals surface area (Å²) < 4.78 is 12.5. The minimum Gasteiger partial charge on any atom is -0.370 e. The van der Waals surface area contributed by atoms with Crippen LogP contribution < -0.4 is 16.0 Å². The van der Waals surface area contributed by atoms with E-state index in [-0.39, 0.29) is 18.0 Å². The van der Waals surface area contributed by atoms with Crippen molar-refractivity contribution in [3.05, 3.63) is 41.7 Å². The molecule has 0 aliphatic rings. The van der Waals surface area contributed by atoms with E-state index in [0.717, 1.165) is 5.69 Å². The lowest BCUT2D eigenvalue weighted by molar-refractivity contribution is 0.0919. The molecule has 3 N–H and O–H groups in total. The Kier molecular flexibility index (Phi) is 5.90. The molecule has 0 fully saturated rings. The highest BCUT2D eigenvalue weighted by Gasteiger charge is 2.15. The fraction of sp³-hybridized carbons (Fsp3) is 0.438. The Morgan fingerprint density at radius 1 is 1.33 bits per heavy atom. The topological polar surface area (TPSA) is 58.4 Å². The van der Waals surface area contributed by atoms with E-state index in [0.29, 0.717) is 24.0 Å². The summed E-state index contributed by atoms with van der Waals surface area (Å²) in [5.41, 5.74) is 7.19. The zero-order valence-electron chi connectivity index (χ0n) is 13.1. The van der Waals surface area contributed by atoms with E-state index in [1.54, 1.807) is 12.1 Å². The molecule has 1 aromatic rings. The lowest BCUT2D eigenvalue weighted by Crippen LogP contribution is -2.40. The van der Waals surface area contributed by atoms with Gasteiger partial charge in [0, 0.05) is 36.9 Å². The van der Waals surface area contributed by atoms with Gasteiger partial charge in [0.05, 0.1) is 6.33 Å². The summed E-state index contributed by atoms with van der Waals surface area (Å²) >= 11 is 0. The first kappa shape index (κ1) is 17.2. The lowest BCUT2D eigenvalue weighted by atomic mass is 10.1. The summed E-state index contributed by atoms with van der Waals surface area (Å²) in [5, 5.41) is 2.91. The fourth-order valence-electron chi connectivity index (χ4n) is 1.82. The van der Waals surface area contributed by atoms with Crippen LogP contribution in [0.15, 0.2) is 36.2 Å². The first-order chi connectivity index (χ1) is 9.76. The van der Waals surface area contributed by atoms with Gasteiger partial charge in [-0.25, -0.2) is 4.39 Å². The van der Waals surface area contributed by atoms with Crippen LogP contribution in [0, 0.1) is 0 Å². The number of nitrogens with two attached hydrogens (primary N) is 1. The summed E-state index contributed by atoms with van der Waals surface area (Å²) in [6, 6.07) is 7.19. The third-order valence-electron chi connectivity index (χ3n) is 2.92. The van der Waals surface area contributed by atoms with E-state index in [9.17, 15) is 9.18 Å². The Hall–Kier alpha value is -1.88. The van der Waals surface area contributed by atoms with Crippen LogP contribution >= 0.6 is 0 Å². The highest BCUT2D eigenvalue weighted by Crippen LogP contribution is 2.15. The number of hydrogen-bond acceptors (Lipinski definition) is 3. The fourth-order valence-corrected chi connectivity index (χ4v) is 1.82. The smallest absolute Gasteiger partial charge is 0.251 e. The largest absolute Gasteiger partial charge is 0.370 e. The molecule has 0 radical (unpaired) electrons.